The van der Waals surface area contributed by atoms with Crippen molar-refractivity contribution in [1.29, 1.82) is 0 Å². The fourth-order valence-electron chi connectivity index (χ4n) is 1.18. The Labute approximate surface area is 99.2 Å². The Hall–Kier alpha value is -1.14. The van der Waals surface area contributed by atoms with Crippen LogP contribution in [0.4, 0.5) is 5.69 Å². The molecule has 0 fully saturated rings. The van der Waals surface area contributed by atoms with E-state index in [1.165, 1.54) is 7.11 Å². The highest BCUT2D eigenvalue weighted by Crippen LogP contribution is 2.36. The third-order valence-corrected chi connectivity index (χ3v) is 3.54. The molecule has 0 radical (unpaired) electrons. The average Bonchev–Trinajstić information content (AvgIpc) is 2.65. The lowest BCUT2D eigenvalue weighted by Crippen LogP contribution is -1.98. The molecule has 2 heterocycles. The molecule has 0 aliphatic heterocycles. The van der Waals surface area contributed by atoms with Crippen LogP contribution in [0, 0.1) is 0 Å². The maximum atomic E-state index is 5.90. The van der Waals surface area contributed by atoms with E-state index in [4.69, 9.17) is 10.5 Å². The molecule has 2 N–H and O–H groups in total. The second-order valence-corrected chi connectivity index (χ2v) is 5.25. The summed E-state index contributed by atoms with van der Waals surface area (Å²) < 4.78 is 6.06. The Morgan fingerprint density at radius 2 is 2.27 bits per heavy atom. The van der Waals surface area contributed by atoms with Gasteiger partial charge in [0.25, 0.3) is 5.88 Å². The van der Waals surface area contributed by atoms with E-state index in [0.29, 0.717) is 11.6 Å². The number of aromatic nitrogens is 2. The number of hydrogen-bond acceptors (Lipinski definition) is 5. The molecule has 15 heavy (non-hydrogen) atoms. The van der Waals surface area contributed by atoms with E-state index in [1.54, 1.807) is 17.5 Å². The molecule has 6 heteroatoms. The zero-order valence-electron chi connectivity index (χ0n) is 7.90. The van der Waals surface area contributed by atoms with Gasteiger partial charge in [-0.05, 0) is 28.1 Å². The van der Waals surface area contributed by atoms with Crippen LogP contribution >= 0.6 is 27.3 Å². The predicted octanol–water partition coefficient (Wildman–Crippen LogP) is 2.56. The molecular formula is C9H8BrN3OS. The van der Waals surface area contributed by atoms with Crippen molar-refractivity contribution in [2.24, 2.45) is 0 Å². The SMILES string of the molecule is COc1nncc(-c2ccc(Br)s2)c1N. The van der Waals surface area contributed by atoms with Gasteiger partial charge in [-0.25, -0.2) is 0 Å². The van der Waals surface area contributed by atoms with E-state index in [1.807, 2.05) is 12.1 Å². The Morgan fingerprint density at radius 1 is 1.47 bits per heavy atom. The molecular weight excluding hydrogens is 278 g/mol. The molecule has 0 aliphatic rings. The van der Waals surface area contributed by atoms with Crippen LogP contribution in [0.1, 0.15) is 0 Å². The Kier molecular flexibility index (Phi) is 2.88. The molecule has 0 unspecified atom stereocenters. The number of methoxy groups -OCH3 is 1. The van der Waals surface area contributed by atoms with Crippen molar-refractivity contribution in [3.8, 4) is 16.3 Å². The minimum atomic E-state index is 0.358. The number of ether oxygens (including phenoxy) is 1. The summed E-state index contributed by atoms with van der Waals surface area (Å²) in [4.78, 5) is 1.03. The standard InChI is InChI=1S/C9H8BrN3OS/c1-14-9-8(11)5(4-12-13-9)6-2-3-7(10)15-6/h2-4H,1H3,(H2,11,12). The summed E-state index contributed by atoms with van der Waals surface area (Å²) in [6.07, 6.45) is 1.64. The number of halogens is 1. The molecule has 4 nitrogen and oxygen atoms in total. The topological polar surface area (TPSA) is 61.0 Å². The van der Waals surface area contributed by atoms with Gasteiger partial charge in [0.05, 0.1) is 17.1 Å². The van der Waals surface area contributed by atoms with Gasteiger partial charge in [0.15, 0.2) is 0 Å². The van der Waals surface area contributed by atoms with Crippen molar-refractivity contribution >= 4 is 33.0 Å². The molecule has 0 aromatic carbocycles. The van der Waals surface area contributed by atoms with Gasteiger partial charge in [-0.15, -0.1) is 16.4 Å². The number of nitrogens with two attached hydrogens (primary N) is 1. The monoisotopic (exact) mass is 285 g/mol. The molecule has 0 saturated heterocycles. The van der Waals surface area contributed by atoms with Gasteiger partial charge in [0.1, 0.15) is 5.69 Å². The lowest BCUT2D eigenvalue weighted by molar-refractivity contribution is 0.394. The summed E-state index contributed by atoms with van der Waals surface area (Å²) in [6.45, 7) is 0. The number of hydrogen-bond donors (Lipinski definition) is 1. The number of anilines is 1. The largest absolute Gasteiger partial charge is 0.478 e. The lowest BCUT2D eigenvalue weighted by atomic mass is 10.2. The van der Waals surface area contributed by atoms with Crippen LogP contribution in [-0.4, -0.2) is 17.3 Å². The molecule has 0 aliphatic carbocycles. The fourth-order valence-corrected chi connectivity index (χ4v) is 2.59. The maximum Gasteiger partial charge on any atom is 0.257 e. The number of thiophene rings is 1. The van der Waals surface area contributed by atoms with Crippen molar-refractivity contribution in [1.82, 2.24) is 10.2 Å². The van der Waals surface area contributed by atoms with Crippen LogP contribution < -0.4 is 10.5 Å². The van der Waals surface area contributed by atoms with Gasteiger partial charge in [0, 0.05) is 10.4 Å². The first kappa shape index (κ1) is 10.4. The van der Waals surface area contributed by atoms with Crippen LogP contribution in [0.3, 0.4) is 0 Å². The third-order valence-electron chi connectivity index (χ3n) is 1.89. The first-order valence-corrected chi connectivity index (χ1v) is 5.74. The Bertz CT molecular complexity index is 486. The Balaban J connectivity index is 2.53. The second kappa shape index (κ2) is 4.16. The van der Waals surface area contributed by atoms with E-state index in [9.17, 15) is 0 Å². The first-order valence-electron chi connectivity index (χ1n) is 4.13. The summed E-state index contributed by atoms with van der Waals surface area (Å²) in [7, 11) is 1.52. The molecule has 78 valence electrons. The fraction of sp³-hybridized carbons (Fsp3) is 0.111. The predicted molar refractivity (Wildman–Crippen MR) is 64.0 cm³/mol. The normalized spacial score (nSPS) is 10.3. The molecule has 0 amide bonds. The minimum Gasteiger partial charge on any atom is -0.478 e. The summed E-state index contributed by atoms with van der Waals surface area (Å²) in [5.74, 6) is 0.358. The van der Waals surface area contributed by atoms with Gasteiger partial charge in [-0.3, -0.25) is 0 Å². The maximum absolute atomic E-state index is 5.90. The number of nitrogens with zero attached hydrogens (tertiary/aromatic N) is 2. The van der Waals surface area contributed by atoms with E-state index >= 15 is 0 Å². The molecule has 2 aromatic rings. The van der Waals surface area contributed by atoms with Crippen molar-refractivity contribution in [3.63, 3.8) is 0 Å². The first-order chi connectivity index (χ1) is 7.22. The summed E-state index contributed by atoms with van der Waals surface area (Å²) in [5, 5.41) is 7.62. The number of nitrogen functional groups attached to an aromatic ring is 1. The summed E-state index contributed by atoms with van der Waals surface area (Å²) >= 11 is 4.99. The van der Waals surface area contributed by atoms with Crippen LogP contribution in [0.15, 0.2) is 22.1 Å². The number of rotatable bonds is 2. The van der Waals surface area contributed by atoms with E-state index < -0.39 is 0 Å². The highest BCUT2D eigenvalue weighted by Gasteiger charge is 2.11. The van der Waals surface area contributed by atoms with E-state index in [2.05, 4.69) is 26.1 Å². The van der Waals surface area contributed by atoms with Crippen molar-refractivity contribution in [2.45, 2.75) is 0 Å². The van der Waals surface area contributed by atoms with Gasteiger partial charge in [0.2, 0.25) is 0 Å². The van der Waals surface area contributed by atoms with Gasteiger partial charge >= 0.3 is 0 Å². The average molecular weight is 286 g/mol. The highest BCUT2D eigenvalue weighted by molar-refractivity contribution is 9.11. The van der Waals surface area contributed by atoms with E-state index in [-0.39, 0.29) is 0 Å². The quantitative estimate of drug-likeness (QED) is 0.921. The molecule has 0 saturated carbocycles. The van der Waals surface area contributed by atoms with Gasteiger partial charge in [-0.2, -0.15) is 5.10 Å². The summed E-state index contributed by atoms with van der Waals surface area (Å²) in [6, 6.07) is 3.94. The molecule has 0 spiro atoms. The molecule has 2 aromatic heterocycles. The van der Waals surface area contributed by atoms with Gasteiger partial charge in [-0.1, -0.05) is 0 Å². The lowest BCUT2D eigenvalue weighted by Gasteiger charge is -2.05. The van der Waals surface area contributed by atoms with Crippen LogP contribution in [0.25, 0.3) is 10.4 Å². The van der Waals surface area contributed by atoms with Gasteiger partial charge < -0.3 is 10.5 Å². The van der Waals surface area contributed by atoms with Crippen molar-refractivity contribution in [2.75, 3.05) is 12.8 Å². The molecule has 0 atom stereocenters. The summed E-state index contributed by atoms with van der Waals surface area (Å²) in [5.41, 5.74) is 7.26. The third kappa shape index (κ3) is 1.95. The Morgan fingerprint density at radius 3 is 2.87 bits per heavy atom. The second-order valence-electron chi connectivity index (χ2n) is 2.78. The van der Waals surface area contributed by atoms with E-state index in [0.717, 1.165) is 14.2 Å². The van der Waals surface area contributed by atoms with Crippen LogP contribution in [0.5, 0.6) is 5.88 Å². The smallest absolute Gasteiger partial charge is 0.257 e. The molecule has 0 bridgehead atoms. The highest BCUT2D eigenvalue weighted by atomic mass is 79.9. The van der Waals surface area contributed by atoms with Crippen LogP contribution in [-0.2, 0) is 0 Å². The van der Waals surface area contributed by atoms with Crippen LogP contribution in [0.2, 0.25) is 0 Å². The zero-order chi connectivity index (χ0) is 10.8. The van der Waals surface area contributed by atoms with Crippen molar-refractivity contribution in [3.05, 3.63) is 22.1 Å². The van der Waals surface area contributed by atoms with Crippen molar-refractivity contribution < 1.29 is 4.74 Å². The minimum absolute atomic E-state index is 0.358. The zero-order valence-corrected chi connectivity index (χ0v) is 10.3. The molecule has 2 rings (SSSR count).